The number of aromatic nitrogens is 2. The number of hydrogen-bond acceptors (Lipinski definition) is 4. The molecule has 1 saturated heterocycles. The monoisotopic (exact) mass is 289 g/mol. The lowest BCUT2D eigenvalue weighted by Crippen LogP contribution is -2.26. The molecule has 1 fully saturated rings. The van der Waals surface area contributed by atoms with E-state index in [1.807, 2.05) is 18.2 Å². The van der Waals surface area contributed by atoms with Gasteiger partial charge in [-0.1, -0.05) is 0 Å². The Labute approximate surface area is 120 Å². The Kier molecular flexibility index (Phi) is 3.25. The van der Waals surface area contributed by atoms with Crippen LogP contribution in [-0.4, -0.2) is 45.5 Å². The highest BCUT2D eigenvalue weighted by atomic mass is 16.5. The second-order valence-electron chi connectivity index (χ2n) is 5.08. The molecular formula is C14H15N3O4. The molecule has 1 unspecified atom stereocenters. The zero-order chi connectivity index (χ0) is 15.0. The largest absolute Gasteiger partial charge is 0.497 e. The average molecular weight is 289 g/mol. The number of aliphatic carboxylic acids is 1. The molecule has 0 spiro atoms. The number of carboxylic acids is 1. The Morgan fingerprint density at radius 2 is 2.38 bits per heavy atom. The number of amides is 1. The van der Waals surface area contributed by atoms with Gasteiger partial charge in [0.1, 0.15) is 11.6 Å². The van der Waals surface area contributed by atoms with Crippen molar-refractivity contribution in [1.29, 1.82) is 0 Å². The molecule has 1 aliphatic heterocycles. The quantitative estimate of drug-likeness (QED) is 0.875. The third kappa shape index (κ3) is 2.54. The van der Waals surface area contributed by atoms with E-state index in [0.29, 0.717) is 12.4 Å². The normalized spacial score (nSPS) is 18.4. The maximum absolute atomic E-state index is 11.8. The van der Waals surface area contributed by atoms with Crippen LogP contribution < -0.4 is 4.74 Å². The summed E-state index contributed by atoms with van der Waals surface area (Å²) < 4.78 is 5.14. The Bertz CT molecular complexity index is 709. The van der Waals surface area contributed by atoms with E-state index in [1.54, 1.807) is 7.11 Å². The Morgan fingerprint density at radius 3 is 3.05 bits per heavy atom. The fourth-order valence-electron chi connectivity index (χ4n) is 2.51. The number of carbonyl (C=O) groups excluding carboxylic acids is 1. The van der Waals surface area contributed by atoms with Crippen molar-refractivity contribution in [2.24, 2.45) is 5.92 Å². The number of carbonyl (C=O) groups is 2. The van der Waals surface area contributed by atoms with Gasteiger partial charge in [-0.15, -0.1) is 0 Å². The first-order chi connectivity index (χ1) is 10.1. The number of H-pyrrole nitrogens is 1. The zero-order valence-corrected chi connectivity index (χ0v) is 11.5. The standard InChI is InChI=1S/C14H15N3O4/c1-21-9-2-3-10-11(5-9)16-12(15-10)7-17-6-8(14(19)20)4-13(17)18/h2-3,5,8H,4,6-7H2,1H3,(H,15,16)(H,19,20). The lowest BCUT2D eigenvalue weighted by atomic mass is 10.1. The van der Waals surface area contributed by atoms with E-state index in [1.165, 1.54) is 4.90 Å². The summed E-state index contributed by atoms with van der Waals surface area (Å²) in [7, 11) is 1.59. The minimum Gasteiger partial charge on any atom is -0.497 e. The third-order valence-electron chi connectivity index (χ3n) is 3.64. The van der Waals surface area contributed by atoms with Crippen LogP contribution in [0, 0.1) is 5.92 Å². The van der Waals surface area contributed by atoms with E-state index in [2.05, 4.69) is 9.97 Å². The van der Waals surface area contributed by atoms with Crippen molar-refractivity contribution in [2.75, 3.05) is 13.7 Å². The van der Waals surface area contributed by atoms with Gasteiger partial charge < -0.3 is 19.7 Å². The summed E-state index contributed by atoms with van der Waals surface area (Å²) in [6.45, 7) is 0.522. The zero-order valence-electron chi connectivity index (χ0n) is 11.5. The van der Waals surface area contributed by atoms with Crippen molar-refractivity contribution in [3.05, 3.63) is 24.0 Å². The maximum atomic E-state index is 11.8. The van der Waals surface area contributed by atoms with Gasteiger partial charge in [-0.2, -0.15) is 0 Å². The summed E-state index contributed by atoms with van der Waals surface area (Å²) in [5, 5.41) is 8.97. The number of hydrogen-bond donors (Lipinski definition) is 2. The predicted octanol–water partition coefficient (Wildman–Crippen LogP) is 1.00. The molecule has 21 heavy (non-hydrogen) atoms. The molecule has 7 heteroatoms. The fourth-order valence-corrected chi connectivity index (χ4v) is 2.51. The molecule has 1 amide bonds. The molecule has 0 saturated carbocycles. The van der Waals surface area contributed by atoms with Crippen LogP contribution in [0.3, 0.4) is 0 Å². The van der Waals surface area contributed by atoms with Crippen LogP contribution in [0.5, 0.6) is 5.75 Å². The number of fused-ring (bicyclic) bond motifs is 1. The van der Waals surface area contributed by atoms with Gasteiger partial charge in [0, 0.05) is 19.0 Å². The van der Waals surface area contributed by atoms with E-state index < -0.39 is 11.9 Å². The van der Waals surface area contributed by atoms with E-state index in [0.717, 1.165) is 16.8 Å². The molecule has 1 aliphatic rings. The van der Waals surface area contributed by atoms with Gasteiger partial charge in [0.05, 0.1) is 30.6 Å². The van der Waals surface area contributed by atoms with Gasteiger partial charge in [-0.25, -0.2) is 4.98 Å². The molecule has 0 bridgehead atoms. The molecule has 1 atom stereocenters. The van der Waals surface area contributed by atoms with E-state index in [-0.39, 0.29) is 18.9 Å². The topological polar surface area (TPSA) is 95.5 Å². The molecule has 2 aromatic rings. The molecule has 2 heterocycles. The number of nitrogens with one attached hydrogen (secondary N) is 1. The fraction of sp³-hybridized carbons (Fsp3) is 0.357. The Hall–Kier alpha value is -2.57. The van der Waals surface area contributed by atoms with E-state index in [4.69, 9.17) is 9.84 Å². The van der Waals surface area contributed by atoms with Crippen LogP contribution in [0.4, 0.5) is 0 Å². The van der Waals surface area contributed by atoms with E-state index in [9.17, 15) is 9.59 Å². The summed E-state index contributed by atoms with van der Waals surface area (Å²) in [5.41, 5.74) is 1.61. The average Bonchev–Trinajstić information content (AvgIpc) is 3.02. The number of nitrogens with zero attached hydrogens (tertiary/aromatic N) is 2. The first-order valence-corrected chi connectivity index (χ1v) is 6.60. The number of methoxy groups -OCH3 is 1. The van der Waals surface area contributed by atoms with Gasteiger partial charge in [0.2, 0.25) is 5.91 Å². The number of likely N-dealkylation sites (tertiary alicyclic amines) is 1. The number of ether oxygens (including phenoxy) is 1. The molecule has 3 rings (SSSR count). The molecule has 1 aromatic carbocycles. The van der Waals surface area contributed by atoms with Crippen LogP contribution in [0.25, 0.3) is 11.0 Å². The minimum atomic E-state index is -0.930. The number of rotatable bonds is 4. The van der Waals surface area contributed by atoms with Crippen LogP contribution in [0.1, 0.15) is 12.2 Å². The number of imidazole rings is 1. The second-order valence-corrected chi connectivity index (χ2v) is 5.08. The van der Waals surface area contributed by atoms with Crippen molar-refractivity contribution in [3.8, 4) is 5.75 Å². The highest BCUT2D eigenvalue weighted by molar-refractivity contribution is 5.86. The van der Waals surface area contributed by atoms with Gasteiger partial charge in [0.25, 0.3) is 0 Å². The van der Waals surface area contributed by atoms with Crippen LogP contribution in [0.15, 0.2) is 18.2 Å². The first-order valence-electron chi connectivity index (χ1n) is 6.60. The molecule has 0 radical (unpaired) electrons. The van der Waals surface area contributed by atoms with Gasteiger partial charge in [-0.3, -0.25) is 9.59 Å². The number of aromatic amines is 1. The van der Waals surface area contributed by atoms with Gasteiger partial charge in [-0.05, 0) is 12.1 Å². The van der Waals surface area contributed by atoms with Gasteiger partial charge in [0.15, 0.2) is 0 Å². The van der Waals surface area contributed by atoms with Crippen molar-refractivity contribution >= 4 is 22.9 Å². The lowest BCUT2D eigenvalue weighted by Gasteiger charge is -2.13. The third-order valence-corrected chi connectivity index (χ3v) is 3.64. The smallest absolute Gasteiger partial charge is 0.308 e. The summed E-state index contributed by atoms with van der Waals surface area (Å²) in [6, 6.07) is 5.48. The molecule has 1 aromatic heterocycles. The van der Waals surface area contributed by atoms with Gasteiger partial charge >= 0.3 is 5.97 Å². The summed E-state index contributed by atoms with van der Waals surface area (Å²) in [6.07, 6.45) is 0.0589. The number of carboxylic acid groups (broad SMARTS) is 1. The van der Waals surface area contributed by atoms with Crippen LogP contribution in [0.2, 0.25) is 0 Å². The Morgan fingerprint density at radius 1 is 1.57 bits per heavy atom. The summed E-state index contributed by atoms with van der Waals surface area (Å²) in [4.78, 5) is 31.8. The summed E-state index contributed by atoms with van der Waals surface area (Å²) >= 11 is 0. The first kappa shape index (κ1) is 13.4. The van der Waals surface area contributed by atoms with Crippen molar-refractivity contribution in [2.45, 2.75) is 13.0 Å². The molecule has 7 nitrogen and oxygen atoms in total. The second kappa shape index (κ2) is 5.08. The highest BCUT2D eigenvalue weighted by Crippen LogP contribution is 2.22. The molecule has 0 aliphatic carbocycles. The number of benzene rings is 1. The van der Waals surface area contributed by atoms with Crippen LogP contribution in [-0.2, 0) is 16.1 Å². The molecule has 110 valence electrons. The summed E-state index contributed by atoms with van der Waals surface area (Å²) in [5.74, 6) is -0.346. The van der Waals surface area contributed by atoms with Crippen molar-refractivity contribution < 1.29 is 19.4 Å². The Balaban J connectivity index is 1.79. The molecular weight excluding hydrogens is 274 g/mol. The van der Waals surface area contributed by atoms with E-state index >= 15 is 0 Å². The minimum absolute atomic E-state index is 0.0589. The lowest BCUT2D eigenvalue weighted by molar-refractivity contribution is -0.141. The van der Waals surface area contributed by atoms with Crippen molar-refractivity contribution in [1.82, 2.24) is 14.9 Å². The highest BCUT2D eigenvalue weighted by Gasteiger charge is 2.34. The maximum Gasteiger partial charge on any atom is 0.308 e. The van der Waals surface area contributed by atoms with Crippen molar-refractivity contribution in [3.63, 3.8) is 0 Å². The van der Waals surface area contributed by atoms with Crippen LogP contribution >= 0.6 is 0 Å². The molecule has 2 N–H and O–H groups in total. The SMILES string of the molecule is COc1ccc2nc(CN3CC(C(=O)O)CC3=O)[nH]c2c1. The predicted molar refractivity (Wildman–Crippen MR) is 73.8 cm³/mol.